The molecule has 0 saturated carbocycles. The molecule has 15 nitrogen and oxygen atoms in total. The molecule has 0 bridgehead atoms. The van der Waals surface area contributed by atoms with E-state index in [9.17, 15) is 24.0 Å². The zero-order valence-electron chi connectivity index (χ0n) is 34.8. The van der Waals surface area contributed by atoms with Crippen molar-refractivity contribution in [2.24, 2.45) is 0 Å². The number of rotatable bonds is 44. The molecule has 0 aliphatic carbocycles. The zero-order valence-corrected chi connectivity index (χ0v) is 35.7. The summed E-state index contributed by atoms with van der Waals surface area (Å²) in [6.07, 6.45) is 22.2. The van der Waals surface area contributed by atoms with Gasteiger partial charge in [0.15, 0.2) is 0 Å². The van der Waals surface area contributed by atoms with Crippen LogP contribution in [0.5, 0.6) is 0 Å². The summed E-state index contributed by atoms with van der Waals surface area (Å²) < 4.78 is 24.0. The van der Waals surface area contributed by atoms with Gasteiger partial charge in [-0.2, -0.15) is 0 Å². The van der Waals surface area contributed by atoms with Crippen LogP contribution in [0.4, 0.5) is 0 Å². The van der Waals surface area contributed by atoms with Crippen LogP contribution < -0.4 is 26.0 Å². The molecule has 16 heteroatoms. The van der Waals surface area contributed by atoms with Crippen LogP contribution in [0.15, 0.2) is 12.3 Å². The second-order valence-electron chi connectivity index (χ2n) is 14.2. The fourth-order valence-corrected chi connectivity index (χ4v) is 5.86. The molecule has 0 heterocycles. The first-order chi connectivity index (χ1) is 27.8. The molecule has 6 N–H and O–H groups in total. The number of unbranched alkanes of at least 4 members (excludes halogenated alkanes) is 14. The second-order valence-corrected chi connectivity index (χ2v) is 14.5. The summed E-state index contributed by atoms with van der Waals surface area (Å²) in [5.41, 5.74) is 0. The highest BCUT2D eigenvalue weighted by atomic mass is 32.1. The van der Waals surface area contributed by atoms with Gasteiger partial charge in [0, 0.05) is 45.4 Å². The van der Waals surface area contributed by atoms with Gasteiger partial charge in [0.05, 0.1) is 51.4 Å². The molecule has 0 fully saturated rings. The number of hydrogen-bond donors (Lipinski definition) is 7. The predicted molar refractivity (Wildman–Crippen MR) is 226 cm³/mol. The Kier molecular flexibility index (Phi) is 40.8. The normalized spacial score (nSPS) is 11.5. The number of carbonyl (C=O) groups excluding carboxylic acids is 5. The summed E-state index contributed by atoms with van der Waals surface area (Å²) in [5.74, 6) is -0.228. The van der Waals surface area contributed by atoms with Crippen molar-refractivity contribution in [3.05, 3.63) is 12.3 Å². The lowest BCUT2D eigenvalue weighted by Gasteiger charge is -2.09. The molecule has 0 saturated heterocycles. The average molecular weight is 832 g/mol. The Bertz CT molecular complexity index is 1030. The van der Waals surface area contributed by atoms with Crippen molar-refractivity contribution in [3.63, 3.8) is 0 Å². The maximum absolute atomic E-state index is 12.1. The van der Waals surface area contributed by atoms with Crippen molar-refractivity contribution in [3.8, 4) is 0 Å². The fourth-order valence-electron chi connectivity index (χ4n) is 5.67. The van der Waals surface area contributed by atoms with Crippen LogP contribution in [0, 0.1) is 0 Å². The minimum atomic E-state index is -0.283. The Hall–Kier alpha value is -2.76. The average Bonchev–Trinajstić information content (AvgIpc) is 3.19. The number of carbonyl (C=O) groups is 5. The molecule has 0 radical (unpaired) electrons. The summed E-state index contributed by atoms with van der Waals surface area (Å²) in [5, 5.41) is 20.2. The number of amides is 4. The van der Waals surface area contributed by atoms with Crippen molar-refractivity contribution in [1.29, 1.82) is 0 Å². The van der Waals surface area contributed by atoms with Gasteiger partial charge in [-0.15, -0.1) is 0 Å². The van der Waals surface area contributed by atoms with Gasteiger partial charge in [-0.25, -0.2) is 0 Å². The summed E-state index contributed by atoms with van der Waals surface area (Å²) in [6, 6.07) is -0.283. The monoisotopic (exact) mass is 832 g/mol. The largest absolute Gasteiger partial charge is 0.513 e. The van der Waals surface area contributed by atoms with Crippen LogP contribution >= 0.6 is 12.8 Å². The molecule has 0 aromatic carbocycles. The smallest absolute Gasteiger partial charge is 0.246 e. The van der Waals surface area contributed by atoms with Gasteiger partial charge in [-0.05, 0) is 38.5 Å². The van der Waals surface area contributed by atoms with Crippen molar-refractivity contribution in [2.45, 2.75) is 141 Å². The van der Waals surface area contributed by atoms with Crippen molar-refractivity contribution in [2.75, 3.05) is 79.0 Å². The van der Waals surface area contributed by atoms with E-state index in [4.69, 9.17) is 24.1 Å². The van der Waals surface area contributed by atoms with Crippen molar-refractivity contribution < 1.29 is 48.0 Å². The molecule has 57 heavy (non-hydrogen) atoms. The van der Waals surface area contributed by atoms with Crippen molar-refractivity contribution >= 4 is 42.7 Å². The van der Waals surface area contributed by atoms with Gasteiger partial charge >= 0.3 is 0 Å². The van der Waals surface area contributed by atoms with Gasteiger partial charge in [-0.3, -0.25) is 23.9 Å². The summed E-state index contributed by atoms with van der Waals surface area (Å²) in [4.78, 5) is 58.4. The van der Waals surface area contributed by atoms with Crippen LogP contribution in [0.3, 0.4) is 0 Å². The molecular formula is C41H77N5O10S. The van der Waals surface area contributed by atoms with Gasteiger partial charge in [-0.1, -0.05) is 96.4 Å². The molecule has 0 aromatic rings. The molecule has 0 aliphatic rings. The van der Waals surface area contributed by atoms with E-state index < -0.39 is 0 Å². The molecule has 0 rings (SSSR count). The topological polar surface area (TPSA) is 203 Å². The van der Waals surface area contributed by atoms with E-state index in [1.165, 1.54) is 70.6 Å². The highest BCUT2D eigenvalue weighted by molar-refractivity contribution is 7.78. The maximum atomic E-state index is 12.1. The summed E-state index contributed by atoms with van der Waals surface area (Å²) in [7, 11) is 0. The minimum absolute atomic E-state index is 0.0486. The molecule has 1 unspecified atom stereocenters. The SMILES string of the molecule is C=C(O)CCCCCCCCCCCCCCCCC(=O)NCCCC(=O)NCCOCCOCC(=O)NCCOCCOCC(=O)NCCCCC(C=O)NS. The fraction of sp³-hybridized carbons (Fsp3) is 0.829. The summed E-state index contributed by atoms with van der Waals surface area (Å²) >= 11 is 3.87. The standard InChI is InChI=1S/C41H77N5O10S/c1-36(48)19-14-12-10-8-6-4-2-3-5-7-9-11-13-15-21-38(49)42-24-18-22-39(50)44-25-27-53-29-32-56-35-41(52)45-26-28-54-30-31-55-34-40(51)43-23-17-16-20-37(33-47)46-57/h33,37,46,48,57H,1-32,34-35H2,(H,42,49)(H,43,51)(H,44,50)(H,45,52). The van der Waals surface area contributed by atoms with E-state index in [1.807, 2.05) is 0 Å². The summed E-state index contributed by atoms with van der Waals surface area (Å²) in [6.45, 7) is 6.72. The first kappa shape index (κ1) is 54.2. The number of thiol groups is 1. The Morgan fingerprint density at radius 1 is 0.491 bits per heavy atom. The number of nitrogens with one attached hydrogen (secondary N) is 5. The predicted octanol–water partition coefficient (Wildman–Crippen LogP) is 4.78. The lowest BCUT2D eigenvalue weighted by Crippen LogP contribution is -2.32. The van der Waals surface area contributed by atoms with E-state index in [2.05, 4.69) is 45.4 Å². The minimum Gasteiger partial charge on any atom is -0.513 e. The van der Waals surface area contributed by atoms with Crippen LogP contribution in [-0.2, 0) is 42.9 Å². The quantitative estimate of drug-likeness (QED) is 0.0193. The Labute approximate surface area is 348 Å². The van der Waals surface area contributed by atoms with Gasteiger partial charge < -0.3 is 50.1 Å². The Morgan fingerprint density at radius 2 is 0.877 bits per heavy atom. The number of aldehydes is 1. The van der Waals surface area contributed by atoms with Crippen LogP contribution in [0.1, 0.15) is 135 Å². The van der Waals surface area contributed by atoms with E-state index in [-0.39, 0.29) is 62.7 Å². The first-order valence-corrected chi connectivity index (χ1v) is 21.8. The Morgan fingerprint density at radius 3 is 1.35 bits per heavy atom. The van der Waals surface area contributed by atoms with Gasteiger partial charge in [0.2, 0.25) is 23.6 Å². The Balaban J connectivity index is 3.39. The molecule has 4 amide bonds. The number of ether oxygens (including phenoxy) is 4. The van der Waals surface area contributed by atoms with E-state index >= 15 is 0 Å². The lowest BCUT2D eigenvalue weighted by molar-refractivity contribution is -0.127. The highest BCUT2D eigenvalue weighted by Crippen LogP contribution is 2.14. The number of hydrogen-bond acceptors (Lipinski definition) is 12. The molecule has 0 aromatic heterocycles. The number of aliphatic hydroxyl groups excluding tert-OH is 1. The van der Waals surface area contributed by atoms with E-state index in [0.29, 0.717) is 77.4 Å². The maximum Gasteiger partial charge on any atom is 0.246 e. The van der Waals surface area contributed by atoms with Crippen LogP contribution in [0.25, 0.3) is 0 Å². The third-order valence-corrected chi connectivity index (χ3v) is 9.30. The third-order valence-electron chi connectivity index (χ3n) is 8.96. The van der Waals surface area contributed by atoms with Gasteiger partial charge in [0.1, 0.15) is 19.5 Å². The molecule has 332 valence electrons. The van der Waals surface area contributed by atoms with Crippen LogP contribution in [0.2, 0.25) is 0 Å². The van der Waals surface area contributed by atoms with E-state index in [0.717, 1.165) is 44.8 Å². The zero-order chi connectivity index (χ0) is 41.9. The third kappa shape index (κ3) is 42.7. The van der Waals surface area contributed by atoms with Crippen LogP contribution in [-0.4, -0.2) is 120 Å². The number of allylic oxidation sites excluding steroid dienone is 1. The molecule has 1 atom stereocenters. The molecule has 0 spiro atoms. The van der Waals surface area contributed by atoms with Crippen molar-refractivity contribution in [1.82, 2.24) is 26.0 Å². The van der Waals surface area contributed by atoms with Gasteiger partial charge in [0.25, 0.3) is 0 Å². The lowest BCUT2D eigenvalue weighted by atomic mass is 10.0. The molecular weight excluding hydrogens is 755 g/mol. The second kappa shape index (κ2) is 42.8. The van der Waals surface area contributed by atoms with E-state index in [1.54, 1.807) is 0 Å². The number of aliphatic hydroxyl groups is 1. The first-order valence-electron chi connectivity index (χ1n) is 21.4. The molecule has 0 aliphatic heterocycles. The highest BCUT2D eigenvalue weighted by Gasteiger charge is 2.07.